The number of amides is 1. The minimum atomic E-state index is -0.200. The summed E-state index contributed by atoms with van der Waals surface area (Å²) in [6, 6.07) is 15.5. The molecule has 0 N–H and O–H groups in total. The summed E-state index contributed by atoms with van der Waals surface area (Å²) in [7, 11) is 0. The van der Waals surface area contributed by atoms with E-state index in [2.05, 4.69) is 46.7 Å². The Kier molecular flexibility index (Phi) is 7.54. The van der Waals surface area contributed by atoms with Crippen molar-refractivity contribution in [1.29, 1.82) is 0 Å². The van der Waals surface area contributed by atoms with Crippen LogP contribution in [-0.2, 0) is 30.6 Å². The summed E-state index contributed by atoms with van der Waals surface area (Å²) in [5.41, 5.74) is 5.47. The number of hydrogen-bond donors (Lipinski definition) is 0. The van der Waals surface area contributed by atoms with Gasteiger partial charge in [-0.1, -0.05) is 36.8 Å². The highest BCUT2D eigenvalue weighted by Crippen LogP contribution is 2.29. The number of aryl methyl sites for hydroxylation is 1. The van der Waals surface area contributed by atoms with Crippen LogP contribution in [0.3, 0.4) is 0 Å². The Morgan fingerprint density at radius 3 is 2.40 bits per heavy atom. The number of likely N-dealkylation sites (tertiary alicyclic amines) is 1. The first-order valence-electron chi connectivity index (χ1n) is 13.6. The molecule has 2 aliphatic heterocycles. The highest BCUT2D eigenvalue weighted by atomic mass is 19.1. The fourth-order valence-corrected chi connectivity index (χ4v) is 6.40. The molecular formula is C30H40FN3O. The second kappa shape index (κ2) is 10.8. The molecule has 2 aromatic carbocycles. The molecule has 1 aliphatic carbocycles. The third-order valence-electron chi connectivity index (χ3n) is 8.62. The van der Waals surface area contributed by atoms with E-state index in [9.17, 15) is 9.18 Å². The van der Waals surface area contributed by atoms with Crippen LogP contribution in [0.15, 0.2) is 42.5 Å². The van der Waals surface area contributed by atoms with Gasteiger partial charge in [0.25, 0.3) is 0 Å². The van der Waals surface area contributed by atoms with Crippen molar-refractivity contribution in [3.8, 4) is 0 Å². The first-order chi connectivity index (χ1) is 17.0. The summed E-state index contributed by atoms with van der Waals surface area (Å²) in [5.74, 6) is 0.0579. The number of carbonyl (C=O) groups excluding carboxylic acids is 1. The van der Waals surface area contributed by atoms with E-state index in [0.717, 1.165) is 57.4 Å². The lowest BCUT2D eigenvalue weighted by molar-refractivity contribution is -0.138. The van der Waals surface area contributed by atoms with Gasteiger partial charge in [-0.15, -0.1) is 0 Å². The maximum Gasteiger partial charge on any atom is 0.237 e. The quantitative estimate of drug-likeness (QED) is 0.596. The molecular weight excluding hydrogens is 437 g/mol. The number of carbonyl (C=O) groups is 1. The average Bonchev–Trinajstić information content (AvgIpc) is 2.86. The van der Waals surface area contributed by atoms with Gasteiger partial charge in [-0.05, 0) is 86.8 Å². The number of nitrogens with zero attached hydrogens (tertiary/aromatic N) is 3. The third-order valence-corrected chi connectivity index (χ3v) is 8.62. The van der Waals surface area contributed by atoms with Crippen molar-refractivity contribution in [2.24, 2.45) is 0 Å². The zero-order chi connectivity index (χ0) is 24.4. The smallest absolute Gasteiger partial charge is 0.237 e. The van der Waals surface area contributed by atoms with Crippen LogP contribution in [0.1, 0.15) is 61.8 Å². The van der Waals surface area contributed by atoms with Gasteiger partial charge in [0.1, 0.15) is 5.82 Å². The maximum atomic E-state index is 13.1. The molecule has 0 unspecified atom stereocenters. The lowest BCUT2D eigenvalue weighted by Crippen LogP contribution is -2.55. The molecule has 2 heterocycles. The number of piperidine rings is 1. The number of rotatable bonds is 6. The van der Waals surface area contributed by atoms with E-state index >= 15 is 0 Å². The zero-order valence-electron chi connectivity index (χ0n) is 21.4. The molecule has 0 saturated carbocycles. The second-order valence-electron chi connectivity index (χ2n) is 11.0. The largest absolute Gasteiger partial charge is 0.337 e. The summed E-state index contributed by atoms with van der Waals surface area (Å²) >= 11 is 0. The van der Waals surface area contributed by atoms with Crippen LogP contribution < -0.4 is 0 Å². The number of fused-ring (bicyclic) bond motifs is 1. The van der Waals surface area contributed by atoms with Gasteiger partial charge in [-0.25, -0.2) is 4.39 Å². The molecule has 5 heteroatoms. The topological polar surface area (TPSA) is 26.8 Å². The van der Waals surface area contributed by atoms with Gasteiger partial charge in [0.15, 0.2) is 0 Å². The Balaban J connectivity index is 1.14. The van der Waals surface area contributed by atoms with Crippen LogP contribution >= 0.6 is 0 Å². The second-order valence-corrected chi connectivity index (χ2v) is 11.0. The molecule has 3 aliphatic rings. The number of benzene rings is 2. The molecule has 0 spiro atoms. The molecule has 0 bridgehead atoms. The minimum Gasteiger partial charge on any atom is -0.337 e. The molecule has 188 valence electrons. The SMILES string of the molecule is C[C@@H]1CCC[C@H](C)N1Cc1ccc2c(c1)CC[C@H](N1CCN(CCc3ccc(F)cc3)CC1=O)C2. The van der Waals surface area contributed by atoms with Crippen molar-refractivity contribution in [1.82, 2.24) is 14.7 Å². The number of halogens is 1. The first kappa shape index (κ1) is 24.5. The Morgan fingerprint density at radius 1 is 0.914 bits per heavy atom. The standard InChI is InChI=1S/C30H40FN3O/c1-22-4-3-5-23(2)34(22)20-25-6-9-27-19-29(13-10-26(27)18-25)33-17-16-32(21-30(33)35)15-14-24-7-11-28(31)12-8-24/h6-9,11-12,18,22-23,29H,3-5,10,13-17,19-21H2,1-2H3/t22-,23+,29-/m0/s1. The van der Waals surface area contributed by atoms with E-state index in [0.29, 0.717) is 24.7 Å². The highest BCUT2D eigenvalue weighted by molar-refractivity contribution is 5.79. The Hall–Kier alpha value is -2.24. The molecule has 2 aromatic rings. The van der Waals surface area contributed by atoms with Gasteiger partial charge in [-0.3, -0.25) is 14.6 Å². The Labute approximate surface area is 210 Å². The molecule has 35 heavy (non-hydrogen) atoms. The molecule has 0 aromatic heterocycles. The van der Waals surface area contributed by atoms with E-state index in [1.54, 1.807) is 0 Å². The zero-order valence-corrected chi connectivity index (χ0v) is 21.4. The molecule has 2 fully saturated rings. The summed E-state index contributed by atoms with van der Waals surface area (Å²) in [6.07, 6.45) is 7.93. The highest BCUT2D eigenvalue weighted by Gasteiger charge is 2.32. The number of hydrogen-bond acceptors (Lipinski definition) is 3. The fraction of sp³-hybridized carbons (Fsp3) is 0.567. The van der Waals surface area contributed by atoms with Crippen LogP contribution in [-0.4, -0.2) is 64.9 Å². The van der Waals surface area contributed by atoms with Crippen LogP contribution in [0.5, 0.6) is 0 Å². The van der Waals surface area contributed by atoms with Gasteiger partial charge >= 0.3 is 0 Å². The molecule has 0 radical (unpaired) electrons. The van der Waals surface area contributed by atoms with Gasteiger partial charge in [0.2, 0.25) is 5.91 Å². The lowest BCUT2D eigenvalue weighted by atomic mass is 9.86. The fourth-order valence-electron chi connectivity index (χ4n) is 6.40. The van der Waals surface area contributed by atoms with Crippen LogP contribution in [0.2, 0.25) is 0 Å². The van der Waals surface area contributed by atoms with Crippen molar-refractivity contribution in [2.45, 2.75) is 83.5 Å². The van der Waals surface area contributed by atoms with E-state index in [1.165, 1.54) is 48.1 Å². The first-order valence-corrected chi connectivity index (χ1v) is 13.6. The Morgan fingerprint density at radius 2 is 1.66 bits per heavy atom. The predicted octanol–water partition coefficient (Wildman–Crippen LogP) is 4.83. The monoisotopic (exact) mass is 477 g/mol. The van der Waals surface area contributed by atoms with Gasteiger partial charge in [0, 0.05) is 44.3 Å². The van der Waals surface area contributed by atoms with Crippen molar-refractivity contribution in [2.75, 3.05) is 26.2 Å². The van der Waals surface area contributed by atoms with E-state index in [-0.39, 0.29) is 11.7 Å². The van der Waals surface area contributed by atoms with Crippen molar-refractivity contribution < 1.29 is 9.18 Å². The van der Waals surface area contributed by atoms with E-state index < -0.39 is 0 Å². The predicted molar refractivity (Wildman–Crippen MR) is 139 cm³/mol. The van der Waals surface area contributed by atoms with Crippen molar-refractivity contribution in [3.63, 3.8) is 0 Å². The van der Waals surface area contributed by atoms with Crippen LogP contribution in [0.25, 0.3) is 0 Å². The normalized spacial score (nSPS) is 26.1. The molecule has 5 rings (SSSR count). The lowest BCUT2D eigenvalue weighted by Gasteiger charge is -2.41. The van der Waals surface area contributed by atoms with E-state index in [1.807, 2.05) is 12.1 Å². The summed E-state index contributed by atoms with van der Waals surface area (Å²) in [5, 5.41) is 0. The molecule has 3 atom stereocenters. The Bertz CT molecular complexity index is 1010. The third kappa shape index (κ3) is 5.78. The summed E-state index contributed by atoms with van der Waals surface area (Å²) < 4.78 is 13.1. The van der Waals surface area contributed by atoms with Crippen LogP contribution in [0, 0.1) is 5.82 Å². The van der Waals surface area contributed by atoms with Crippen molar-refractivity contribution >= 4 is 5.91 Å². The van der Waals surface area contributed by atoms with Gasteiger partial charge in [-0.2, -0.15) is 0 Å². The maximum absolute atomic E-state index is 13.1. The minimum absolute atomic E-state index is 0.200. The van der Waals surface area contributed by atoms with Gasteiger partial charge < -0.3 is 4.90 Å². The molecule has 4 nitrogen and oxygen atoms in total. The number of piperazine rings is 1. The van der Waals surface area contributed by atoms with Crippen LogP contribution in [0.4, 0.5) is 4.39 Å². The molecule has 2 saturated heterocycles. The van der Waals surface area contributed by atoms with E-state index in [4.69, 9.17) is 0 Å². The summed E-state index contributed by atoms with van der Waals surface area (Å²) in [6.45, 7) is 8.87. The summed E-state index contributed by atoms with van der Waals surface area (Å²) in [4.78, 5) is 20.1. The average molecular weight is 478 g/mol. The molecule has 1 amide bonds. The van der Waals surface area contributed by atoms with Gasteiger partial charge in [0.05, 0.1) is 6.54 Å². The van der Waals surface area contributed by atoms with Crippen molar-refractivity contribution in [3.05, 3.63) is 70.5 Å².